The van der Waals surface area contributed by atoms with Gasteiger partial charge in [0.05, 0.1) is 19.1 Å². The average Bonchev–Trinajstić information content (AvgIpc) is 2.79. The number of methoxy groups -OCH3 is 2. The van der Waals surface area contributed by atoms with Gasteiger partial charge in [0.15, 0.2) is 11.5 Å². The first kappa shape index (κ1) is 23.1. The lowest BCUT2D eigenvalue weighted by atomic mass is 9.95. The number of benzene rings is 2. The van der Waals surface area contributed by atoms with Crippen LogP contribution in [-0.2, 0) is 21.2 Å². The van der Waals surface area contributed by atoms with Gasteiger partial charge in [0, 0.05) is 12.1 Å². The van der Waals surface area contributed by atoms with E-state index in [2.05, 4.69) is 10.0 Å². The number of carbonyl (C=O) groups is 1. The van der Waals surface area contributed by atoms with Crippen LogP contribution in [0, 0.1) is 0 Å². The smallest absolute Gasteiger partial charge is 0.241 e. The maximum absolute atomic E-state index is 13.1. The van der Waals surface area contributed by atoms with Crippen LogP contribution in [0.3, 0.4) is 0 Å². The SMILES string of the molecule is COc1ccc(S(=O)(=O)N[C@H](Cc2ccccc2)C(=O)NC2CCCCC2)cc1OC. The molecule has 1 aliphatic carbocycles. The van der Waals surface area contributed by atoms with Crippen molar-refractivity contribution in [3.63, 3.8) is 0 Å². The minimum Gasteiger partial charge on any atom is -0.493 e. The molecule has 168 valence electrons. The van der Waals surface area contributed by atoms with Crippen molar-refractivity contribution in [2.45, 2.75) is 55.5 Å². The lowest BCUT2D eigenvalue weighted by Gasteiger charge is -2.26. The number of amides is 1. The van der Waals surface area contributed by atoms with E-state index in [0.717, 1.165) is 31.2 Å². The molecule has 7 nitrogen and oxygen atoms in total. The maximum atomic E-state index is 13.1. The number of hydrogen-bond donors (Lipinski definition) is 2. The molecule has 0 saturated heterocycles. The fraction of sp³-hybridized carbons (Fsp3) is 0.435. The monoisotopic (exact) mass is 446 g/mol. The van der Waals surface area contributed by atoms with Crippen LogP contribution < -0.4 is 19.5 Å². The lowest BCUT2D eigenvalue weighted by molar-refractivity contribution is -0.123. The fourth-order valence-corrected chi connectivity index (χ4v) is 5.04. The molecule has 0 bridgehead atoms. The van der Waals surface area contributed by atoms with Crippen molar-refractivity contribution in [1.82, 2.24) is 10.0 Å². The highest BCUT2D eigenvalue weighted by molar-refractivity contribution is 7.89. The molecule has 8 heteroatoms. The quantitative estimate of drug-likeness (QED) is 0.618. The summed E-state index contributed by atoms with van der Waals surface area (Å²) in [5.41, 5.74) is 0.876. The van der Waals surface area contributed by atoms with Gasteiger partial charge in [0.25, 0.3) is 0 Å². The Hall–Kier alpha value is -2.58. The van der Waals surface area contributed by atoms with E-state index < -0.39 is 16.1 Å². The molecule has 1 fully saturated rings. The predicted octanol–water partition coefficient (Wildman–Crippen LogP) is 3.04. The Morgan fingerprint density at radius 3 is 2.32 bits per heavy atom. The fourth-order valence-electron chi connectivity index (χ4n) is 3.83. The zero-order valence-electron chi connectivity index (χ0n) is 18.0. The van der Waals surface area contributed by atoms with Crippen molar-refractivity contribution in [3.8, 4) is 11.5 Å². The molecule has 1 aliphatic rings. The van der Waals surface area contributed by atoms with Gasteiger partial charge in [-0.25, -0.2) is 8.42 Å². The second-order valence-electron chi connectivity index (χ2n) is 7.72. The highest BCUT2D eigenvalue weighted by Gasteiger charge is 2.28. The molecule has 31 heavy (non-hydrogen) atoms. The molecule has 1 saturated carbocycles. The molecule has 3 rings (SSSR count). The number of carbonyl (C=O) groups excluding carboxylic acids is 1. The Morgan fingerprint density at radius 1 is 1.00 bits per heavy atom. The summed E-state index contributed by atoms with van der Waals surface area (Å²) in [5, 5.41) is 3.04. The van der Waals surface area contributed by atoms with Gasteiger partial charge in [-0.05, 0) is 37.0 Å². The number of ether oxygens (including phenoxy) is 2. The van der Waals surface area contributed by atoms with Gasteiger partial charge in [-0.3, -0.25) is 4.79 Å². The van der Waals surface area contributed by atoms with E-state index in [1.54, 1.807) is 0 Å². The summed E-state index contributed by atoms with van der Waals surface area (Å²) in [5.74, 6) is 0.425. The lowest BCUT2D eigenvalue weighted by Crippen LogP contribution is -2.50. The number of rotatable bonds is 9. The summed E-state index contributed by atoms with van der Waals surface area (Å²) in [6.07, 6.45) is 5.42. The van der Waals surface area contributed by atoms with Crippen molar-refractivity contribution in [3.05, 3.63) is 54.1 Å². The topological polar surface area (TPSA) is 93.7 Å². The van der Waals surface area contributed by atoms with Gasteiger partial charge in [0.2, 0.25) is 15.9 Å². The Labute approximate surface area is 184 Å². The summed E-state index contributed by atoms with van der Waals surface area (Å²) in [4.78, 5) is 13.1. The third kappa shape index (κ3) is 6.21. The van der Waals surface area contributed by atoms with Gasteiger partial charge in [0.1, 0.15) is 6.04 Å². The van der Waals surface area contributed by atoms with E-state index in [4.69, 9.17) is 9.47 Å². The first-order chi connectivity index (χ1) is 14.9. The maximum Gasteiger partial charge on any atom is 0.241 e. The van der Waals surface area contributed by atoms with Crippen LogP contribution in [0.1, 0.15) is 37.7 Å². The van der Waals surface area contributed by atoms with E-state index in [1.807, 2.05) is 30.3 Å². The Kier molecular flexibility index (Phi) is 7.92. The Morgan fingerprint density at radius 2 is 1.68 bits per heavy atom. The number of hydrogen-bond acceptors (Lipinski definition) is 5. The molecule has 1 atom stereocenters. The third-order valence-corrected chi connectivity index (χ3v) is 6.98. The minimum atomic E-state index is -3.97. The highest BCUT2D eigenvalue weighted by Crippen LogP contribution is 2.29. The van der Waals surface area contributed by atoms with Crippen LogP contribution in [-0.4, -0.2) is 40.6 Å². The molecule has 0 spiro atoms. The van der Waals surface area contributed by atoms with Crippen molar-refractivity contribution in [1.29, 1.82) is 0 Å². The summed E-state index contributed by atoms with van der Waals surface area (Å²) in [6, 6.07) is 12.9. The normalized spacial score (nSPS) is 15.8. The van der Waals surface area contributed by atoms with Crippen molar-refractivity contribution < 1.29 is 22.7 Å². The third-order valence-electron chi connectivity index (χ3n) is 5.51. The molecule has 2 N–H and O–H groups in total. The van der Waals surface area contributed by atoms with Crippen LogP contribution >= 0.6 is 0 Å². The van der Waals surface area contributed by atoms with Crippen molar-refractivity contribution >= 4 is 15.9 Å². The van der Waals surface area contributed by atoms with Crippen molar-refractivity contribution in [2.75, 3.05) is 14.2 Å². The van der Waals surface area contributed by atoms with Crippen LogP contribution in [0.2, 0.25) is 0 Å². The highest BCUT2D eigenvalue weighted by atomic mass is 32.2. The molecule has 1 amide bonds. The molecular weight excluding hydrogens is 416 g/mol. The van der Waals surface area contributed by atoms with Crippen LogP contribution in [0.5, 0.6) is 11.5 Å². The summed E-state index contributed by atoms with van der Waals surface area (Å²) in [6.45, 7) is 0. The second kappa shape index (κ2) is 10.6. The van der Waals surface area contributed by atoms with Gasteiger partial charge >= 0.3 is 0 Å². The van der Waals surface area contributed by atoms with E-state index in [-0.39, 0.29) is 23.3 Å². The first-order valence-electron chi connectivity index (χ1n) is 10.5. The summed E-state index contributed by atoms with van der Waals surface area (Å²) in [7, 11) is -1.05. The first-order valence-corrected chi connectivity index (χ1v) is 12.0. The Balaban J connectivity index is 1.83. The van der Waals surface area contributed by atoms with E-state index >= 15 is 0 Å². The zero-order chi connectivity index (χ0) is 22.3. The molecule has 2 aromatic carbocycles. The van der Waals surface area contributed by atoms with E-state index in [0.29, 0.717) is 11.5 Å². The largest absolute Gasteiger partial charge is 0.493 e. The van der Waals surface area contributed by atoms with Crippen molar-refractivity contribution in [2.24, 2.45) is 0 Å². The van der Waals surface area contributed by atoms with Gasteiger partial charge in [-0.15, -0.1) is 0 Å². The standard InChI is InChI=1S/C23H30N2O5S/c1-29-21-14-13-19(16-22(21)30-2)31(27,28)25-20(15-17-9-5-3-6-10-17)23(26)24-18-11-7-4-8-12-18/h3,5-6,9-10,13-14,16,18,20,25H,4,7-8,11-12,15H2,1-2H3,(H,24,26)/t20-/m1/s1. The second-order valence-corrected chi connectivity index (χ2v) is 9.44. The van der Waals surface area contributed by atoms with Gasteiger partial charge in [-0.2, -0.15) is 4.72 Å². The summed E-state index contributed by atoms with van der Waals surface area (Å²) >= 11 is 0. The average molecular weight is 447 g/mol. The van der Waals surface area contributed by atoms with Crippen LogP contribution in [0.15, 0.2) is 53.4 Å². The van der Waals surface area contributed by atoms with E-state index in [9.17, 15) is 13.2 Å². The Bertz CT molecular complexity index is 973. The van der Waals surface area contributed by atoms with Crippen LogP contribution in [0.25, 0.3) is 0 Å². The van der Waals surface area contributed by atoms with Gasteiger partial charge < -0.3 is 14.8 Å². The molecule has 0 aromatic heterocycles. The molecule has 0 aliphatic heterocycles. The molecule has 0 unspecified atom stereocenters. The molecule has 0 heterocycles. The number of sulfonamides is 1. The molecule has 0 radical (unpaired) electrons. The predicted molar refractivity (Wildman–Crippen MR) is 119 cm³/mol. The minimum absolute atomic E-state index is 0.00804. The van der Waals surface area contributed by atoms with Gasteiger partial charge in [-0.1, -0.05) is 49.6 Å². The molecular formula is C23H30N2O5S. The summed E-state index contributed by atoms with van der Waals surface area (Å²) < 4.78 is 39.2. The molecule has 2 aromatic rings. The zero-order valence-corrected chi connectivity index (χ0v) is 18.8. The van der Waals surface area contributed by atoms with Crippen LogP contribution in [0.4, 0.5) is 0 Å². The number of nitrogens with one attached hydrogen (secondary N) is 2. The van der Waals surface area contributed by atoms with E-state index in [1.165, 1.54) is 38.8 Å².